The molecule has 0 aliphatic carbocycles. The van der Waals surface area contributed by atoms with E-state index in [4.69, 9.17) is 9.47 Å². The molecule has 2 saturated heterocycles. The van der Waals surface area contributed by atoms with E-state index in [1.165, 1.54) is 11.3 Å². The van der Waals surface area contributed by atoms with Crippen molar-refractivity contribution in [3.63, 3.8) is 0 Å². The molecule has 4 rings (SSSR count). The largest absolute Gasteiger partial charge is 0.379 e. The molecule has 2 N–H and O–H groups in total. The van der Waals surface area contributed by atoms with Gasteiger partial charge >= 0.3 is 6.03 Å². The van der Waals surface area contributed by atoms with Crippen LogP contribution in [0.4, 0.5) is 10.5 Å². The molecule has 0 saturated carbocycles. The van der Waals surface area contributed by atoms with Crippen LogP contribution >= 0.6 is 0 Å². The van der Waals surface area contributed by atoms with Crippen molar-refractivity contribution in [1.29, 1.82) is 0 Å². The van der Waals surface area contributed by atoms with E-state index in [1.54, 1.807) is 0 Å². The highest BCUT2D eigenvalue weighted by atomic mass is 16.5. The fourth-order valence-corrected chi connectivity index (χ4v) is 3.95. The first kappa shape index (κ1) is 21.6. The lowest BCUT2D eigenvalue weighted by Crippen LogP contribution is -2.37. The van der Waals surface area contributed by atoms with Gasteiger partial charge < -0.3 is 25.0 Å². The van der Waals surface area contributed by atoms with Crippen LogP contribution in [0, 0.1) is 0 Å². The second-order valence-electron chi connectivity index (χ2n) is 7.96. The van der Waals surface area contributed by atoms with Crippen molar-refractivity contribution < 1.29 is 14.3 Å². The molecule has 7 nitrogen and oxygen atoms in total. The third kappa shape index (κ3) is 6.43. The number of benzene rings is 2. The second kappa shape index (κ2) is 11.1. The second-order valence-corrected chi connectivity index (χ2v) is 7.96. The topological polar surface area (TPSA) is 66.1 Å². The van der Waals surface area contributed by atoms with E-state index in [1.807, 2.05) is 6.07 Å². The molecule has 2 aliphatic rings. The molecule has 0 aromatic heterocycles. The van der Waals surface area contributed by atoms with Crippen molar-refractivity contribution in [1.82, 2.24) is 15.5 Å². The number of anilines is 1. The van der Waals surface area contributed by atoms with E-state index < -0.39 is 0 Å². The first-order valence-corrected chi connectivity index (χ1v) is 11.1. The zero-order chi connectivity index (χ0) is 21.3. The molecule has 2 heterocycles. The summed E-state index contributed by atoms with van der Waals surface area (Å²) < 4.78 is 10.8. The summed E-state index contributed by atoms with van der Waals surface area (Å²) in [6.45, 7) is 8.79. The van der Waals surface area contributed by atoms with Crippen LogP contribution in [-0.2, 0) is 29.1 Å². The van der Waals surface area contributed by atoms with Gasteiger partial charge in [0.1, 0.15) is 0 Å². The summed E-state index contributed by atoms with van der Waals surface area (Å²) in [5.74, 6) is 0. The van der Waals surface area contributed by atoms with Gasteiger partial charge in [-0.15, -0.1) is 0 Å². The summed E-state index contributed by atoms with van der Waals surface area (Å²) >= 11 is 0. The van der Waals surface area contributed by atoms with Crippen LogP contribution in [0.1, 0.15) is 16.7 Å². The minimum Gasteiger partial charge on any atom is -0.379 e. The molecule has 0 radical (unpaired) electrons. The molecular formula is C24H32N4O3. The predicted octanol–water partition coefficient (Wildman–Crippen LogP) is 2.35. The van der Waals surface area contributed by atoms with Crippen molar-refractivity contribution in [2.24, 2.45) is 0 Å². The SMILES string of the molecule is O=C(NCc1ccc(N2CCOCC2)cc1)NCc1ccccc1CN1CCOCC1. The zero-order valence-electron chi connectivity index (χ0n) is 18.0. The van der Waals surface area contributed by atoms with E-state index in [0.717, 1.165) is 70.3 Å². The van der Waals surface area contributed by atoms with Gasteiger partial charge in [0.2, 0.25) is 0 Å². The summed E-state index contributed by atoms with van der Waals surface area (Å²) in [5.41, 5.74) is 4.69. The molecule has 2 fully saturated rings. The molecule has 0 atom stereocenters. The van der Waals surface area contributed by atoms with Gasteiger partial charge in [-0.25, -0.2) is 4.79 Å². The third-order valence-corrected chi connectivity index (χ3v) is 5.82. The Balaban J connectivity index is 1.23. The van der Waals surface area contributed by atoms with Crippen LogP contribution in [0.2, 0.25) is 0 Å². The fraction of sp³-hybridized carbons (Fsp3) is 0.458. The van der Waals surface area contributed by atoms with E-state index in [2.05, 4.69) is 62.9 Å². The van der Waals surface area contributed by atoms with Gasteiger partial charge in [0.15, 0.2) is 0 Å². The van der Waals surface area contributed by atoms with E-state index >= 15 is 0 Å². The number of carbonyl (C=O) groups is 1. The van der Waals surface area contributed by atoms with Crippen molar-refractivity contribution >= 4 is 11.7 Å². The van der Waals surface area contributed by atoms with Crippen LogP contribution in [0.25, 0.3) is 0 Å². The Kier molecular flexibility index (Phi) is 7.76. The lowest BCUT2D eigenvalue weighted by atomic mass is 10.1. The summed E-state index contributed by atoms with van der Waals surface area (Å²) in [6, 6.07) is 16.5. The van der Waals surface area contributed by atoms with Crippen LogP contribution in [0.3, 0.4) is 0 Å². The molecule has 0 spiro atoms. The smallest absolute Gasteiger partial charge is 0.315 e. The molecule has 2 amide bonds. The van der Waals surface area contributed by atoms with Gasteiger partial charge in [-0.2, -0.15) is 0 Å². The summed E-state index contributed by atoms with van der Waals surface area (Å²) in [7, 11) is 0. The van der Waals surface area contributed by atoms with Gasteiger partial charge in [0, 0.05) is 51.5 Å². The Hall–Kier alpha value is -2.61. The fourth-order valence-electron chi connectivity index (χ4n) is 3.95. The van der Waals surface area contributed by atoms with Gasteiger partial charge in [0.25, 0.3) is 0 Å². The number of ether oxygens (including phenoxy) is 2. The van der Waals surface area contributed by atoms with Gasteiger partial charge in [0.05, 0.1) is 26.4 Å². The molecular weight excluding hydrogens is 392 g/mol. The zero-order valence-corrected chi connectivity index (χ0v) is 18.0. The number of hydrogen-bond acceptors (Lipinski definition) is 5. The number of nitrogens with one attached hydrogen (secondary N) is 2. The Morgan fingerprint density at radius 2 is 1.39 bits per heavy atom. The Labute approximate surface area is 184 Å². The molecule has 2 aromatic rings. The van der Waals surface area contributed by atoms with Gasteiger partial charge in [-0.3, -0.25) is 4.90 Å². The lowest BCUT2D eigenvalue weighted by molar-refractivity contribution is 0.0341. The quantitative estimate of drug-likeness (QED) is 0.714. The van der Waals surface area contributed by atoms with Crippen molar-refractivity contribution in [2.75, 3.05) is 57.5 Å². The average Bonchev–Trinajstić information content (AvgIpc) is 2.84. The van der Waals surface area contributed by atoms with Gasteiger partial charge in [-0.05, 0) is 28.8 Å². The third-order valence-electron chi connectivity index (χ3n) is 5.82. The lowest BCUT2D eigenvalue weighted by Gasteiger charge is -2.28. The maximum atomic E-state index is 12.3. The number of hydrogen-bond donors (Lipinski definition) is 2. The molecule has 0 unspecified atom stereocenters. The monoisotopic (exact) mass is 424 g/mol. The van der Waals surface area contributed by atoms with Crippen molar-refractivity contribution in [2.45, 2.75) is 19.6 Å². The Bertz CT molecular complexity index is 831. The number of nitrogens with zero attached hydrogens (tertiary/aromatic N) is 2. The number of rotatable bonds is 7. The molecule has 2 aliphatic heterocycles. The summed E-state index contributed by atoms with van der Waals surface area (Å²) in [5, 5.41) is 5.95. The normalized spacial score (nSPS) is 17.4. The first-order chi connectivity index (χ1) is 15.3. The highest BCUT2D eigenvalue weighted by molar-refractivity contribution is 5.73. The van der Waals surface area contributed by atoms with Crippen LogP contribution < -0.4 is 15.5 Å². The minimum atomic E-state index is -0.154. The molecule has 0 bridgehead atoms. The number of urea groups is 1. The number of morpholine rings is 2. The Morgan fingerprint density at radius 3 is 2.10 bits per heavy atom. The summed E-state index contributed by atoms with van der Waals surface area (Å²) in [6.07, 6.45) is 0. The predicted molar refractivity (Wildman–Crippen MR) is 121 cm³/mol. The van der Waals surface area contributed by atoms with Gasteiger partial charge in [-0.1, -0.05) is 36.4 Å². The summed E-state index contributed by atoms with van der Waals surface area (Å²) in [4.78, 5) is 17.0. The average molecular weight is 425 g/mol. The van der Waals surface area contributed by atoms with Crippen molar-refractivity contribution in [3.05, 3.63) is 65.2 Å². The highest BCUT2D eigenvalue weighted by Gasteiger charge is 2.13. The highest BCUT2D eigenvalue weighted by Crippen LogP contribution is 2.17. The van der Waals surface area contributed by atoms with Crippen LogP contribution in [0.15, 0.2) is 48.5 Å². The number of amides is 2. The molecule has 31 heavy (non-hydrogen) atoms. The molecule has 7 heteroatoms. The molecule has 2 aromatic carbocycles. The first-order valence-electron chi connectivity index (χ1n) is 11.1. The van der Waals surface area contributed by atoms with Crippen LogP contribution in [-0.4, -0.2) is 63.5 Å². The van der Waals surface area contributed by atoms with E-state index in [-0.39, 0.29) is 6.03 Å². The minimum absolute atomic E-state index is 0.154. The van der Waals surface area contributed by atoms with E-state index in [9.17, 15) is 4.79 Å². The van der Waals surface area contributed by atoms with Crippen LogP contribution in [0.5, 0.6) is 0 Å². The standard InChI is InChI=1S/C24H32N4O3/c29-24(25-17-20-5-7-23(8-6-20)28-11-15-31-16-12-28)26-18-21-3-1-2-4-22(21)19-27-9-13-30-14-10-27/h1-8H,9-19H2,(H2,25,26,29). The Morgan fingerprint density at radius 1 is 0.774 bits per heavy atom. The molecule has 166 valence electrons. The maximum Gasteiger partial charge on any atom is 0.315 e. The van der Waals surface area contributed by atoms with Crippen molar-refractivity contribution in [3.8, 4) is 0 Å². The van der Waals surface area contributed by atoms with E-state index in [0.29, 0.717) is 13.1 Å². The number of carbonyl (C=O) groups excluding carboxylic acids is 1. The maximum absolute atomic E-state index is 12.3.